The van der Waals surface area contributed by atoms with Gasteiger partial charge >= 0.3 is 6.09 Å². The third kappa shape index (κ3) is 3.72. The van der Waals surface area contributed by atoms with Crippen molar-refractivity contribution in [1.82, 2.24) is 4.90 Å². The number of aliphatic hydroxyl groups is 1. The van der Waals surface area contributed by atoms with Crippen LogP contribution in [0.5, 0.6) is 0 Å². The third-order valence-electron chi connectivity index (χ3n) is 3.74. The smallest absolute Gasteiger partial charge is 0.410 e. The van der Waals surface area contributed by atoms with Crippen LogP contribution in [0.1, 0.15) is 46.5 Å². The fraction of sp³-hybridized carbons (Fsp3) is 0.800. The summed E-state index contributed by atoms with van der Waals surface area (Å²) in [5.74, 6) is 0.104. The normalized spacial score (nSPS) is 28.2. The van der Waals surface area contributed by atoms with Crippen molar-refractivity contribution in [2.24, 2.45) is 5.92 Å². The van der Waals surface area contributed by atoms with Gasteiger partial charge in [0, 0.05) is 12.5 Å². The number of nitrogens with zero attached hydrogens (tertiary/aromatic N) is 1. The molecule has 1 aliphatic heterocycles. The first-order valence-corrected chi connectivity index (χ1v) is 7.22. The summed E-state index contributed by atoms with van der Waals surface area (Å²) >= 11 is 0. The van der Waals surface area contributed by atoms with Gasteiger partial charge in [0.1, 0.15) is 5.60 Å². The maximum Gasteiger partial charge on any atom is 0.410 e. The summed E-state index contributed by atoms with van der Waals surface area (Å²) in [6.45, 7) is 6.55. The van der Waals surface area contributed by atoms with Gasteiger partial charge in [-0.25, -0.2) is 4.79 Å². The van der Waals surface area contributed by atoms with E-state index in [0.29, 0.717) is 13.1 Å². The molecule has 1 aliphatic carbocycles. The summed E-state index contributed by atoms with van der Waals surface area (Å²) in [6, 6.07) is 0. The molecule has 1 heterocycles. The molecule has 4 nitrogen and oxygen atoms in total. The standard InChI is InChI=1S/C15H25NO3/c1-15(2,3)19-14(18)16-9-12(13(17)10-16)11-7-5-4-6-8-11/h7,12-13,17H,4-6,8-10H2,1-3H3/t12-,13+/m1/s1. The lowest BCUT2D eigenvalue weighted by Gasteiger charge is -2.24. The van der Waals surface area contributed by atoms with Gasteiger partial charge < -0.3 is 14.7 Å². The Morgan fingerprint density at radius 3 is 2.68 bits per heavy atom. The van der Waals surface area contributed by atoms with Crippen LogP contribution in [0, 0.1) is 5.92 Å². The van der Waals surface area contributed by atoms with E-state index < -0.39 is 11.7 Å². The molecular weight excluding hydrogens is 242 g/mol. The summed E-state index contributed by atoms with van der Waals surface area (Å²) in [5.41, 5.74) is 0.842. The quantitative estimate of drug-likeness (QED) is 0.743. The molecule has 2 atom stereocenters. The molecule has 0 aromatic carbocycles. The molecule has 1 fully saturated rings. The molecule has 2 rings (SSSR count). The molecule has 19 heavy (non-hydrogen) atoms. The van der Waals surface area contributed by atoms with Crippen molar-refractivity contribution >= 4 is 6.09 Å². The van der Waals surface area contributed by atoms with Crippen molar-refractivity contribution in [2.45, 2.75) is 58.2 Å². The Hall–Kier alpha value is -1.03. The number of allylic oxidation sites excluding steroid dienone is 1. The Balaban J connectivity index is 1.97. The number of carbonyl (C=O) groups is 1. The first-order valence-electron chi connectivity index (χ1n) is 7.22. The van der Waals surface area contributed by atoms with E-state index in [1.165, 1.54) is 18.4 Å². The van der Waals surface area contributed by atoms with Gasteiger partial charge in [-0.15, -0.1) is 0 Å². The number of aliphatic hydroxyl groups excluding tert-OH is 1. The van der Waals surface area contributed by atoms with Gasteiger partial charge in [-0.1, -0.05) is 11.6 Å². The lowest BCUT2D eigenvalue weighted by atomic mass is 9.87. The topological polar surface area (TPSA) is 49.8 Å². The van der Waals surface area contributed by atoms with Gasteiger partial charge in [-0.05, 0) is 46.5 Å². The third-order valence-corrected chi connectivity index (χ3v) is 3.74. The maximum atomic E-state index is 12.0. The molecule has 0 aromatic heterocycles. The van der Waals surface area contributed by atoms with Crippen molar-refractivity contribution in [3.8, 4) is 0 Å². The number of amides is 1. The predicted molar refractivity (Wildman–Crippen MR) is 73.9 cm³/mol. The number of β-amino-alcohol motifs (C(OH)–C–C–N with tert-alkyl or cyclic N) is 1. The van der Waals surface area contributed by atoms with Gasteiger partial charge in [-0.3, -0.25) is 0 Å². The highest BCUT2D eigenvalue weighted by molar-refractivity contribution is 5.68. The highest BCUT2D eigenvalue weighted by Crippen LogP contribution is 2.31. The number of hydrogen-bond donors (Lipinski definition) is 1. The van der Waals surface area contributed by atoms with Crippen LogP contribution >= 0.6 is 0 Å². The molecule has 0 aromatic rings. The predicted octanol–water partition coefficient (Wildman–Crippen LogP) is 2.71. The van der Waals surface area contributed by atoms with Crippen LogP contribution in [0.25, 0.3) is 0 Å². The molecule has 4 heteroatoms. The van der Waals surface area contributed by atoms with E-state index in [4.69, 9.17) is 4.74 Å². The molecule has 0 radical (unpaired) electrons. The first-order chi connectivity index (χ1) is 8.87. The molecule has 1 amide bonds. The molecule has 0 unspecified atom stereocenters. The number of ether oxygens (including phenoxy) is 1. The monoisotopic (exact) mass is 267 g/mol. The number of carbonyl (C=O) groups excluding carboxylic acids is 1. The molecule has 1 N–H and O–H groups in total. The molecule has 0 spiro atoms. The number of likely N-dealkylation sites (tertiary alicyclic amines) is 1. The SMILES string of the molecule is CC(C)(C)OC(=O)N1C[C@H](C2=CCCCC2)[C@@H](O)C1. The first kappa shape index (κ1) is 14.4. The summed E-state index contributed by atoms with van der Waals surface area (Å²) in [4.78, 5) is 13.6. The zero-order valence-corrected chi connectivity index (χ0v) is 12.2. The fourth-order valence-corrected chi connectivity index (χ4v) is 2.83. The van der Waals surface area contributed by atoms with Crippen molar-refractivity contribution < 1.29 is 14.6 Å². The lowest BCUT2D eigenvalue weighted by molar-refractivity contribution is 0.0270. The molecular formula is C15H25NO3. The average molecular weight is 267 g/mol. The van der Waals surface area contributed by atoms with Crippen molar-refractivity contribution in [3.63, 3.8) is 0 Å². The van der Waals surface area contributed by atoms with E-state index in [1.807, 2.05) is 20.8 Å². The summed E-state index contributed by atoms with van der Waals surface area (Å²) in [5, 5.41) is 10.2. The fourth-order valence-electron chi connectivity index (χ4n) is 2.83. The lowest BCUT2D eigenvalue weighted by Crippen LogP contribution is -2.35. The average Bonchev–Trinajstić information content (AvgIpc) is 2.70. The Labute approximate surface area is 115 Å². The maximum absolute atomic E-state index is 12.0. The minimum absolute atomic E-state index is 0.104. The Kier molecular flexibility index (Phi) is 4.19. The Morgan fingerprint density at radius 1 is 1.37 bits per heavy atom. The molecule has 108 valence electrons. The van der Waals surface area contributed by atoms with Crippen molar-refractivity contribution in [2.75, 3.05) is 13.1 Å². The second kappa shape index (κ2) is 5.53. The summed E-state index contributed by atoms with van der Waals surface area (Å²) in [7, 11) is 0. The summed E-state index contributed by atoms with van der Waals surface area (Å²) < 4.78 is 5.36. The van der Waals surface area contributed by atoms with Crippen LogP contribution in [0.3, 0.4) is 0 Å². The summed E-state index contributed by atoms with van der Waals surface area (Å²) in [6.07, 6.45) is 6.08. The highest BCUT2D eigenvalue weighted by atomic mass is 16.6. The number of hydrogen-bond acceptors (Lipinski definition) is 3. The largest absolute Gasteiger partial charge is 0.444 e. The van der Waals surface area contributed by atoms with E-state index in [9.17, 15) is 9.90 Å². The Bertz CT molecular complexity index is 370. The van der Waals surface area contributed by atoms with E-state index in [2.05, 4.69) is 6.08 Å². The zero-order chi connectivity index (χ0) is 14.0. The second-order valence-electron chi connectivity index (χ2n) is 6.58. The van der Waals surface area contributed by atoms with E-state index in [1.54, 1.807) is 4.90 Å². The minimum Gasteiger partial charge on any atom is -0.444 e. The number of rotatable bonds is 1. The van der Waals surface area contributed by atoms with Crippen LogP contribution in [0.2, 0.25) is 0 Å². The van der Waals surface area contributed by atoms with E-state index >= 15 is 0 Å². The van der Waals surface area contributed by atoms with Crippen LogP contribution in [-0.4, -0.2) is 40.9 Å². The van der Waals surface area contributed by atoms with Crippen molar-refractivity contribution in [3.05, 3.63) is 11.6 Å². The highest BCUT2D eigenvalue weighted by Gasteiger charge is 2.37. The minimum atomic E-state index is -0.482. The van der Waals surface area contributed by atoms with E-state index in [-0.39, 0.29) is 12.0 Å². The molecule has 0 saturated carbocycles. The van der Waals surface area contributed by atoms with Gasteiger partial charge in [0.15, 0.2) is 0 Å². The van der Waals surface area contributed by atoms with E-state index in [0.717, 1.165) is 12.8 Å². The van der Waals surface area contributed by atoms with Crippen LogP contribution in [0.15, 0.2) is 11.6 Å². The van der Waals surface area contributed by atoms with Crippen LogP contribution in [0.4, 0.5) is 4.79 Å². The second-order valence-corrected chi connectivity index (χ2v) is 6.58. The van der Waals surface area contributed by atoms with Gasteiger partial charge in [0.25, 0.3) is 0 Å². The molecule has 2 aliphatic rings. The van der Waals surface area contributed by atoms with Crippen LogP contribution in [-0.2, 0) is 4.74 Å². The molecule has 0 bridgehead atoms. The Morgan fingerprint density at radius 2 is 2.11 bits per heavy atom. The van der Waals surface area contributed by atoms with Gasteiger partial charge in [-0.2, -0.15) is 0 Å². The zero-order valence-electron chi connectivity index (χ0n) is 12.2. The van der Waals surface area contributed by atoms with Gasteiger partial charge in [0.2, 0.25) is 0 Å². The van der Waals surface area contributed by atoms with Crippen molar-refractivity contribution in [1.29, 1.82) is 0 Å². The molecule has 1 saturated heterocycles. The van der Waals surface area contributed by atoms with Gasteiger partial charge in [0.05, 0.1) is 12.6 Å². The van der Waals surface area contributed by atoms with Crippen LogP contribution < -0.4 is 0 Å².